The Morgan fingerprint density at radius 1 is 1.39 bits per heavy atom. The molecule has 0 amide bonds. The van der Waals surface area contributed by atoms with Gasteiger partial charge in [0.15, 0.2) is 5.69 Å². The highest BCUT2D eigenvalue weighted by atomic mass is 16.4. The molecule has 96 valence electrons. The van der Waals surface area contributed by atoms with Crippen molar-refractivity contribution in [3.63, 3.8) is 0 Å². The number of carboxylic acids is 1. The van der Waals surface area contributed by atoms with Crippen molar-refractivity contribution >= 4 is 11.8 Å². The van der Waals surface area contributed by atoms with Gasteiger partial charge in [0.05, 0.1) is 18.0 Å². The van der Waals surface area contributed by atoms with Gasteiger partial charge in [0.2, 0.25) is 0 Å². The summed E-state index contributed by atoms with van der Waals surface area (Å²) in [5.41, 5.74) is -0.650. The van der Waals surface area contributed by atoms with E-state index in [1.54, 1.807) is 0 Å². The first-order valence-corrected chi connectivity index (χ1v) is 6.11. The van der Waals surface area contributed by atoms with E-state index in [1.807, 2.05) is 4.90 Å². The smallest absolute Gasteiger partial charge is 0.356 e. The molecule has 0 bridgehead atoms. The van der Waals surface area contributed by atoms with Crippen molar-refractivity contribution in [2.75, 3.05) is 18.0 Å². The van der Waals surface area contributed by atoms with Crippen LogP contribution in [0.1, 0.15) is 29.8 Å². The van der Waals surface area contributed by atoms with Gasteiger partial charge < -0.3 is 15.1 Å². The summed E-state index contributed by atoms with van der Waals surface area (Å²) in [6.45, 7) is 1.31. The molecule has 1 atom stereocenters. The largest absolute Gasteiger partial charge is 0.476 e. The fourth-order valence-electron chi connectivity index (χ4n) is 2.56. The number of hydrogen-bond donors (Lipinski definition) is 2. The quantitative estimate of drug-likeness (QED) is 0.812. The summed E-state index contributed by atoms with van der Waals surface area (Å²) in [7, 11) is 0. The van der Waals surface area contributed by atoms with Crippen molar-refractivity contribution in [1.82, 2.24) is 9.97 Å². The maximum absolute atomic E-state index is 10.7. The molecule has 2 aliphatic rings. The molecule has 1 aromatic heterocycles. The van der Waals surface area contributed by atoms with E-state index in [2.05, 4.69) is 9.97 Å². The zero-order valence-electron chi connectivity index (χ0n) is 9.91. The molecule has 0 radical (unpaired) electrons. The normalized spacial score (nSPS) is 27.5. The Morgan fingerprint density at radius 3 is 2.72 bits per heavy atom. The Hall–Kier alpha value is -1.69. The van der Waals surface area contributed by atoms with Crippen LogP contribution in [0, 0.1) is 5.92 Å². The minimum Gasteiger partial charge on any atom is -0.476 e. The third-order valence-corrected chi connectivity index (χ3v) is 3.80. The number of rotatable bonds is 3. The maximum atomic E-state index is 10.7. The average molecular weight is 249 g/mol. The standard InChI is InChI=1S/C12H15N3O3/c16-11(17)9-5-14-10(6-13-9)15-4-3-12(18,7-15)8-1-2-8/h5-6,8,18H,1-4,7H2,(H,16,17). The lowest BCUT2D eigenvalue weighted by atomic mass is 9.97. The van der Waals surface area contributed by atoms with Crippen LogP contribution in [0.4, 0.5) is 5.82 Å². The van der Waals surface area contributed by atoms with Crippen LogP contribution in [0.5, 0.6) is 0 Å². The van der Waals surface area contributed by atoms with E-state index < -0.39 is 11.6 Å². The second-order valence-corrected chi connectivity index (χ2v) is 5.11. The van der Waals surface area contributed by atoms with Crippen LogP contribution in [0.25, 0.3) is 0 Å². The SMILES string of the molecule is O=C(O)c1cnc(N2CCC(O)(C3CC3)C2)cn1. The topological polar surface area (TPSA) is 86.5 Å². The molecule has 18 heavy (non-hydrogen) atoms. The first-order valence-electron chi connectivity index (χ1n) is 6.11. The molecule has 0 spiro atoms. The number of hydrogen-bond acceptors (Lipinski definition) is 5. The minimum absolute atomic E-state index is 0.0598. The van der Waals surface area contributed by atoms with Gasteiger partial charge in [-0.25, -0.2) is 14.8 Å². The predicted molar refractivity (Wildman–Crippen MR) is 63.5 cm³/mol. The highest BCUT2D eigenvalue weighted by Gasteiger charge is 2.48. The third kappa shape index (κ3) is 1.92. The molecule has 2 heterocycles. The molecule has 2 fully saturated rings. The fraction of sp³-hybridized carbons (Fsp3) is 0.583. The number of β-amino-alcohol motifs (C(OH)–C–C–N with tert-alkyl or cyclic N) is 1. The molecule has 2 N–H and O–H groups in total. The lowest BCUT2D eigenvalue weighted by molar-refractivity contribution is 0.0400. The van der Waals surface area contributed by atoms with E-state index in [0.717, 1.165) is 25.8 Å². The van der Waals surface area contributed by atoms with Gasteiger partial charge in [0.1, 0.15) is 5.82 Å². The number of nitrogens with zero attached hydrogens (tertiary/aromatic N) is 3. The molecular formula is C12H15N3O3. The van der Waals surface area contributed by atoms with Gasteiger partial charge in [-0.1, -0.05) is 0 Å². The van der Waals surface area contributed by atoms with Crippen LogP contribution in [-0.4, -0.2) is 44.8 Å². The fourth-order valence-corrected chi connectivity index (χ4v) is 2.56. The molecule has 3 rings (SSSR count). The summed E-state index contributed by atoms with van der Waals surface area (Å²) in [5, 5.41) is 19.2. The van der Waals surface area contributed by atoms with E-state index in [4.69, 9.17) is 5.11 Å². The second kappa shape index (κ2) is 3.91. The number of aromatic carboxylic acids is 1. The zero-order chi connectivity index (χ0) is 12.8. The molecule has 1 saturated heterocycles. The lowest BCUT2D eigenvalue weighted by Crippen LogP contribution is -2.35. The van der Waals surface area contributed by atoms with Gasteiger partial charge in [0, 0.05) is 13.1 Å². The van der Waals surface area contributed by atoms with E-state index in [-0.39, 0.29) is 5.69 Å². The summed E-state index contributed by atoms with van der Waals surface area (Å²) in [6.07, 6.45) is 5.68. The molecule has 1 aliphatic carbocycles. The van der Waals surface area contributed by atoms with Crippen LogP contribution < -0.4 is 4.90 Å². The van der Waals surface area contributed by atoms with E-state index in [9.17, 15) is 9.90 Å². The highest BCUT2D eigenvalue weighted by molar-refractivity contribution is 5.84. The number of anilines is 1. The van der Waals surface area contributed by atoms with Crippen molar-refractivity contribution in [3.05, 3.63) is 18.1 Å². The summed E-state index contributed by atoms with van der Waals surface area (Å²) < 4.78 is 0. The highest BCUT2D eigenvalue weighted by Crippen LogP contribution is 2.44. The molecular weight excluding hydrogens is 234 g/mol. The van der Waals surface area contributed by atoms with Gasteiger partial charge in [0.25, 0.3) is 0 Å². The van der Waals surface area contributed by atoms with E-state index in [0.29, 0.717) is 18.3 Å². The molecule has 6 nitrogen and oxygen atoms in total. The Labute approximate surface area is 104 Å². The zero-order valence-corrected chi connectivity index (χ0v) is 9.91. The number of carbonyl (C=O) groups is 1. The minimum atomic E-state index is -1.08. The first-order chi connectivity index (χ1) is 8.58. The number of aromatic nitrogens is 2. The first kappa shape index (κ1) is 11.4. The van der Waals surface area contributed by atoms with Crippen LogP contribution in [0.2, 0.25) is 0 Å². The molecule has 1 saturated carbocycles. The summed E-state index contributed by atoms with van der Waals surface area (Å²) in [6, 6.07) is 0. The van der Waals surface area contributed by atoms with Crippen molar-refractivity contribution in [2.24, 2.45) is 5.92 Å². The summed E-state index contributed by atoms with van der Waals surface area (Å²) >= 11 is 0. The maximum Gasteiger partial charge on any atom is 0.356 e. The average Bonchev–Trinajstić information content (AvgIpc) is 3.14. The van der Waals surface area contributed by atoms with Crippen LogP contribution >= 0.6 is 0 Å². The van der Waals surface area contributed by atoms with Crippen molar-refractivity contribution in [3.8, 4) is 0 Å². The van der Waals surface area contributed by atoms with Gasteiger partial charge >= 0.3 is 5.97 Å². The molecule has 1 aromatic rings. The van der Waals surface area contributed by atoms with E-state index >= 15 is 0 Å². The number of carboxylic acid groups (broad SMARTS) is 1. The Kier molecular flexibility index (Phi) is 2.48. The van der Waals surface area contributed by atoms with Gasteiger partial charge in [-0.05, 0) is 25.2 Å². The monoisotopic (exact) mass is 249 g/mol. The lowest BCUT2D eigenvalue weighted by Gasteiger charge is -2.23. The van der Waals surface area contributed by atoms with Gasteiger partial charge in [-0.15, -0.1) is 0 Å². The van der Waals surface area contributed by atoms with Crippen LogP contribution in [0.3, 0.4) is 0 Å². The molecule has 1 aliphatic heterocycles. The Balaban J connectivity index is 1.74. The summed E-state index contributed by atoms with van der Waals surface area (Å²) in [5.74, 6) is -0.0183. The molecule has 1 unspecified atom stereocenters. The second-order valence-electron chi connectivity index (χ2n) is 5.11. The number of aliphatic hydroxyl groups is 1. The van der Waals surface area contributed by atoms with Crippen molar-refractivity contribution in [2.45, 2.75) is 24.9 Å². The Morgan fingerprint density at radius 2 is 2.17 bits per heavy atom. The van der Waals surface area contributed by atoms with E-state index in [1.165, 1.54) is 12.4 Å². The Bertz CT molecular complexity index is 472. The predicted octanol–water partition coefficient (Wildman–Crippen LogP) is 0.526. The molecule has 0 aromatic carbocycles. The van der Waals surface area contributed by atoms with Crippen LogP contribution in [0.15, 0.2) is 12.4 Å². The van der Waals surface area contributed by atoms with Gasteiger partial charge in [-0.3, -0.25) is 0 Å². The molecule has 6 heteroatoms. The van der Waals surface area contributed by atoms with Crippen molar-refractivity contribution in [1.29, 1.82) is 0 Å². The summed E-state index contributed by atoms with van der Waals surface area (Å²) in [4.78, 5) is 20.6. The van der Waals surface area contributed by atoms with Crippen molar-refractivity contribution < 1.29 is 15.0 Å². The van der Waals surface area contributed by atoms with Gasteiger partial charge in [-0.2, -0.15) is 0 Å². The van der Waals surface area contributed by atoms with Crippen LogP contribution in [-0.2, 0) is 0 Å². The third-order valence-electron chi connectivity index (χ3n) is 3.80.